The van der Waals surface area contributed by atoms with Crippen LogP contribution in [0.3, 0.4) is 0 Å². The minimum absolute atomic E-state index is 0.123. The summed E-state index contributed by atoms with van der Waals surface area (Å²) in [6.45, 7) is 4.35. The summed E-state index contributed by atoms with van der Waals surface area (Å²) in [5.41, 5.74) is 2.57. The van der Waals surface area contributed by atoms with Gasteiger partial charge >= 0.3 is 0 Å². The molecule has 2 heteroatoms. The summed E-state index contributed by atoms with van der Waals surface area (Å²) >= 11 is 0. The minimum atomic E-state index is -0.123. The van der Waals surface area contributed by atoms with Gasteiger partial charge in [0.2, 0.25) is 0 Å². The molecule has 1 aliphatic carbocycles. The van der Waals surface area contributed by atoms with Gasteiger partial charge in [-0.3, -0.25) is 4.98 Å². The predicted molar refractivity (Wildman–Crippen MR) is 51.7 cm³/mol. The molecule has 1 aromatic rings. The molecule has 2 unspecified atom stereocenters. The van der Waals surface area contributed by atoms with E-state index in [2.05, 4.69) is 24.9 Å². The largest absolute Gasteiger partial charge is 0.392 e. The summed E-state index contributed by atoms with van der Waals surface area (Å²) in [6, 6.07) is 2.06. The van der Waals surface area contributed by atoms with Gasteiger partial charge in [0.1, 0.15) is 0 Å². The summed E-state index contributed by atoms with van der Waals surface area (Å²) in [4.78, 5) is 4.11. The van der Waals surface area contributed by atoms with Crippen molar-refractivity contribution in [2.24, 2.45) is 0 Å². The second kappa shape index (κ2) is 3.11. The number of pyridine rings is 1. The molecule has 1 N–H and O–H groups in total. The molecule has 1 heterocycles. The van der Waals surface area contributed by atoms with Crippen molar-refractivity contribution < 1.29 is 5.11 Å². The van der Waals surface area contributed by atoms with E-state index in [4.69, 9.17) is 0 Å². The van der Waals surface area contributed by atoms with Gasteiger partial charge in [-0.1, -0.05) is 13.8 Å². The van der Waals surface area contributed by atoms with Crippen molar-refractivity contribution in [1.82, 2.24) is 4.98 Å². The Morgan fingerprint density at radius 2 is 2.23 bits per heavy atom. The molecule has 2 rings (SSSR count). The van der Waals surface area contributed by atoms with Crippen LogP contribution in [0.1, 0.15) is 43.2 Å². The van der Waals surface area contributed by atoms with Crippen LogP contribution in [0.5, 0.6) is 0 Å². The Hall–Kier alpha value is -0.890. The first-order valence-corrected chi connectivity index (χ1v) is 4.82. The number of hydrogen-bond donors (Lipinski definition) is 1. The van der Waals surface area contributed by atoms with Crippen LogP contribution in [0.25, 0.3) is 0 Å². The summed E-state index contributed by atoms with van der Waals surface area (Å²) in [5.74, 6) is 0.872. The number of aromatic nitrogens is 1. The van der Waals surface area contributed by atoms with E-state index >= 15 is 0 Å². The van der Waals surface area contributed by atoms with E-state index < -0.39 is 0 Å². The zero-order valence-electron chi connectivity index (χ0n) is 8.07. The molecule has 1 aliphatic rings. The highest BCUT2D eigenvalue weighted by atomic mass is 16.3. The Bertz CT molecular complexity index is 309. The second-order valence-electron chi connectivity index (χ2n) is 4.07. The van der Waals surface area contributed by atoms with Crippen molar-refractivity contribution in [3.63, 3.8) is 0 Å². The van der Waals surface area contributed by atoms with Gasteiger partial charge in [0, 0.05) is 18.3 Å². The van der Waals surface area contributed by atoms with Crippen molar-refractivity contribution in [2.75, 3.05) is 0 Å². The van der Waals surface area contributed by atoms with Crippen LogP contribution < -0.4 is 0 Å². The number of aliphatic hydroxyl groups is 1. The molecule has 0 aromatic carbocycles. The van der Waals surface area contributed by atoms with Crippen LogP contribution in [0.2, 0.25) is 0 Å². The highest BCUT2D eigenvalue weighted by Crippen LogP contribution is 2.43. The number of nitrogens with zero attached hydrogens (tertiary/aromatic N) is 1. The van der Waals surface area contributed by atoms with Gasteiger partial charge in [-0.05, 0) is 29.5 Å². The van der Waals surface area contributed by atoms with E-state index in [1.54, 1.807) is 0 Å². The topological polar surface area (TPSA) is 33.1 Å². The van der Waals surface area contributed by atoms with Gasteiger partial charge in [0.25, 0.3) is 0 Å². The van der Waals surface area contributed by atoms with Crippen LogP contribution in [-0.4, -0.2) is 16.2 Å². The van der Waals surface area contributed by atoms with Gasteiger partial charge in [0.05, 0.1) is 6.10 Å². The average molecular weight is 177 g/mol. The summed E-state index contributed by atoms with van der Waals surface area (Å²) in [7, 11) is 0. The summed E-state index contributed by atoms with van der Waals surface area (Å²) in [5, 5.41) is 9.36. The molecular weight excluding hydrogens is 162 g/mol. The molecule has 2 atom stereocenters. The van der Waals surface area contributed by atoms with Crippen LogP contribution in [0.4, 0.5) is 0 Å². The lowest BCUT2D eigenvalue weighted by Crippen LogP contribution is -1.97. The van der Waals surface area contributed by atoms with Crippen molar-refractivity contribution in [2.45, 2.75) is 38.2 Å². The predicted octanol–water partition coefficient (Wildman–Crippen LogP) is 2.05. The van der Waals surface area contributed by atoms with Gasteiger partial charge in [-0.15, -0.1) is 0 Å². The van der Waals surface area contributed by atoms with Gasteiger partial charge in [0.15, 0.2) is 0 Å². The molecule has 0 spiro atoms. The van der Waals surface area contributed by atoms with Crippen LogP contribution in [0.15, 0.2) is 18.5 Å². The molecule has 0 amide bonds. The summed E-state index contributed by atoms with van der Waals surface area (Å²) < 4.78 is 0. The Kier molecular flexibility index (Phi) is 2.08. The lowest BCUT2D eigenvalue weighted by atomic mass is 9.96. The first-order chi connectivity index (χ1) is 6.20. The van der Waals surface area contributed by atoms with E-state index in [0.717, 1.165) is 6.42 Å². The maximum absolute atomic E-state index is 9.36. The fourth-order valence-corrected chi connectivity index (χ4v) is 1.77. The zero-order chi connectivity index (χ0) is 9.42. The van der Waals surface area contributed by atoms with E-state index in [0.29, 0.717) is 11.8 Å². The first-order valence-electron chi connectivity index (χ1n) is 4.82. The van der Waals surface area contributed by atoms with Gasteiger partial charge < -0.3 is 5.11 Å². The third-order valence-electron chi connectivity index (χ3n) is 2.67. The third-order valence-corrected chi connectivity index (χ3v) is 2.67. The van der Waals surface area contributed by atoms with Crippen LogP contribution in [-0.2, 0) is 0 Å². The fourth-order valence-electron chi connectivity index (χ4n) is 1.77. The standard InChI is InChI=1S/C11H15NO/c1-7(2)8-3-4-12-6-10(8)9-5-11(9)13/h3-4,6-7,9,11,13H,5H2,1-2H3. The molecule has 2 nitrogen and oxygen atoms in total. The molecule has 0 bridgehead atoms. The van der Waals surface area contributed by atoms with Gasteiger partial charge in [-0.25, -0.2) is 0 Å². The molecule has 1 fully saturated rings. The lowest BCUT2D eigenvalue weighted by Gasteiger charge is -2.10. The van der Waals surface area contributed by atoms with E-state index in [-0.39, 0.29) is 6.10 Å². The first kappa shape index (κ1) is 8.70. The second-order valence-corrected chi connectivity index (χ2v) is 4.07. The smallest absolute Gasteiger partial charge is 0.0617 e. The van der Waals surface area contributed by atoms with E-state index in [1.807, 2.05) is 12.4 Å². The lowest BCUT2D eigenvalue weighted by molar-refractivity contribution is 0.271. The number of hydrogen-bond acceptors (Lipinski definition) is 2. The Morgan fingerprint density at radius 3 is 2.77 bits per heavy atom. The maximum Gasteiger partial charge on any atom is 0.0617 e. The SMILES string of the molecule is CC(C)c1ccncc1C1CC1O. The fraction of sp³-hybridized carbons (Fsp3) is 0.545. The van der Waals surface area contributed by atoms with Crippen molar-refractivity contribution in [1.29, 1.82) is 0 Å². The van der Waals surface area contributed by atoms with Gasteiger partial charge in [-0.2, -0.15) is 0 Å². The molecule has 0 saturated heterocycles. The highest BCUT2D eigenvalue weighted by molar-refractivity contribution is 5.34. The Balaban J connectivity index is 2.33. The van der Waals surface area contributed by atoms with E-state index in [9.17, 15) is 5.11 Å². The normalized spacial score (nSPS) is 26.5. The Labute approximate surface area is 78.6 Å². The monoisotopic (exact) mass is 177 g/mol. The molecule has 13 heavy (non-hydrogen) atoms. The highest BCUT2D eigenvalue weighted by Gasteiger charge is 2.38. The van der Waals surface area contributed by atoms with Crippen LogP contribution in [0, 0.1) is 0 Å². The molecular formula is C11H15NO. The molecule has 1 saturated carbocycles. The average Bonchev–Trinajstić information content (AvgIpc) is 2.82. The molecule has 0 aliphatic heterocycles. The third kappa shape index (κ3) is 1.59. The maximum atomic E-state index is 9.36. The number of rotatable bonds is 2. The van der Waals surface area contributed by atoms with Crippen molar-refractivity contribution >= 4 is 0 Å². The quantitative estimate of drug-likeness (QED) is 0.750. The Morgan fingerprint density at radius 1 is 1.54 bits per heavy atom. The molecule has 70 valence electrons. The molecule has 1 aromatic heterocycles. The summed E-state index contributed by atoms with van der Waals surface area (Å²) in [6.07, 6.45) is 4.51. The minimum Gasteiger partial charge on any atom is -0.392 e. The van der Waals surface area contributed by atoms with Crippen molar-refractivity contribution in [3.8, 4) is 0 Å². The van der Waals surface area contributed by atoms with Crippen LogP contribution >= 0.6 is 0 Å². The number of aliphatic hydroxyl groups excluding tert-OH is 1. The molecule has 0 radical (unpaired) electrons. The zero-order valence-corrected chi connectivity index (χ0v) is 8.07. The van der Waals surface area contributed by atoms with Crippen molar-refractivity contribution in [3.05, 3.63) is 29.6 Å². The van der Waals surface area contributed by atoms with E-state index in [1.165, 1.54) is 11.1 Å².